The number of benzene rings is 2. The molecule has 1 aliphatic carbocycles. The van der Waals surface area contributed by atoms with Crippen LogP contribution in [0.2, 0.25) is 0 Å². The molecule has 3 N–H and O–H groups in total. The molecule has 1 aliphatic rings. The third-order valence-electron chi connectivity index (χ3n) is 6.24. The van der Waals surface area contributed by atoms with Crippen molar-refractivity contribution < 1.29 is 14.4 Å². The van der Waals surface area contributed by atoms with Crippen molar-refractivity contribution in [1.82, 2.24) is 14.9 Å². The Labute approximate surface area is 205 Å². The zero-order chi connectivity index (χ0) is 24.6. The van der Waals surface area contributed by atoms with E-state index in [1.165, 1.54) is 6.42 Å². The maximum atomic E-state index is 12.9. The summed E-state index contributed by atoms with van der Waals surface area (Å²) in [7, 11) is 0. The van der Waals surface area contributed by atoms with Gasteiger partial charge in [0, 0.05) is 53.9 Å². The first-order valence-electron chi connectivity index (χ1n) is 12.1. The lowest BCUT2D eigenvalue weighted by atomic mass is 9.95. The molecule has 182 valence electrons. The van der Waals surface area contributed by atoms with E-state index in [0.29, 0.717) is 35.5 Å². The summed E-state index contributed by atoms with van der Waals surface area (Å²) in [5.74, 6) is -0.509. The summed E-state index contributed by atoms with van der Waals surface area (Å²) in [6, 6.07) is 12.3. The van der Waals surface area contributed by atoms with Crippen LogP contribution in [0.5, 0.6) is 0 Å². The Morgan fingerprint density at radius 1 is 0.971 bits per heavy atom. The summed E-state index contributed by atoms with van der Waals surface area (Å²) >= 11 is 0. The topological polar surface area (TPSA) is 105 Å². The first-order chi connectivity index (χ1) is 17.0. The number of amides is 3. The molecular weight excluding hydrogens is 442 g/mol. The average Bonchev–Trinajstić information content (AvgIpc) is 3.38. The fraction of sp³-hybridized carbons (Fsp3) is 0.333. The molecule has 2 aromatic carbocycles. The fourth-order valence-electron chi connectivity index (χ4n) is 4.27. The van der Waals surface area contributed by atoms with Gasteiger partial charge in [-0.05, 0) is 61.7 Å². The molecule has 0 saturated heterocycles. The molecule has 0 atom stereocenters. The fourth-order valence-corrected chi connectivity index (χ4v) is 4.27. The molecule has 1 saturated carbocycles. The maximum Gasteiger partial charge on any atom is 0.255 e. The Kier molecular flexibility index (Phi) is 7.92. The first kappa shape index (κ1) is 24.2. The second kappa shape index (κ2) is 11.5. The number of aryl methyl sites for hydroxylation is 2. The molecule has 0 bridgehead atoms. The third kappa shape index (κ3) is 6.79. The quantitative estimate of drug-likeness (QED) is 0.447. The number of rotatable bonds is 8. The van der Waals surface area contributed by atoms with E-state index in [2.05, 4.69) is 20.9 Å². The normalized spacial score (nSPS) is 13.7. The number of carbonyl (C=O) groups excluding carboxylic acids is 3. The Balaban J connectivity index is 1.34. The zero-order valence-electron chi connectivity index (χ0n) is 19.9. The number of nitrogens with one attached hydrogen (secondary N) is 3. The summed E-state index contributed by atoms with van der Waals surface area (Å²) in [6.07, 6.45) is 11.0. The highest BCUT2D eigenvalue weighted by molar-refractivity contribution is 6.06. The summed E-state index contributed by atoms with van der Waals surface area (Å²) in [6.45, 7) is 2.39. The molecule has 1 aromatic heterocycles. The standard InChI is InChI=1S/C27H31N5O3/c1-19-16-21(26(34)30-22-7-3-2-4-8-22)10-11-24(19)31-27(35)20-6-5-9-23(17-20)29-25(33)12-14-32-15-13-28-18-32/h5-6,9-11,13,15-18,22H,2-4,7-8,12,14H2,1H3,(H,29,33)(H,30,34)(H,31,35). The molecule has 8 heteroatoms. The van der Waals surface area contributed by atoms with E-state index in [-0.39, 0.29) is 23.8 Å². The van der Waals surface area contributed by atoms with Gasteiger partial charge in [0.2, 0.25) is 5.91 Å². The summed E-state index contributed by atoms with van der Waals surface area (Å²) in [5, 5.41) is 8.86. The van der Waals surface area contributed by atoms with Crippen LogP contribution in [0.15, 0.2) is 61.2 Å². The van der Waals surface area contributed by atoms with Crippen molar-refractivity contribution in [3.8, 4) is 0 Å². The van der Waals surface area contributed by atoms with E-state index in [4.69, 9.17) is 0 Å². The Morgan fingerprint density at radius 3 is 2.51 bits per heavy atom. The van der Waals surface area contributed by atoms with Crippen LogP contribution in [0.1, 0.15) is 64.8 Å². The van der Waals surface area contributed by atoms with Gasteiger partial charge < -0.3 is 20.5 Å². The van der Waals surface area contributed by atoms with Gasteiger partial charge in [-0.2, -0.15) is 0 Å². The summed E-state index contributed by atoms with van der Waals surface area (Å²) in [5.41, 5.74) is 3.01. The van der Waals surface area contributed by atoms with Gasteiger partial charge in [-0.3, -0.25) is 14.4 Å². The van der Waals surface area contributed by atoms with Crippen molar-refractivity contribution in [1.29, 1.82) is 0 Å². The van der Waals surface area contributed by atoms with Crippen molar-refractivity contribution in [3.05, 3.63) is 77.9 Å². The van der Waals surface area contributed by atoms with Crippen LogP contribution in [0.4, 0.5) is 11.4 Å². The summed E-state index contributed by atoms with van der Waals surface area (Å²) in [4.78, 5) is 41.7. The first-order valence-corrected chi connectivity index (χ1v) is 12.1. The van der Waals surface area contributed by atoms with Gasteiger partial charge >= 0.3 is 0 Å². The van der Waals surface area contributed by atoms with E-state index >= 15 is 0 Å². The van der Waals surface area contributed by atoms with Crippen molar-refractivity contribution >= 4 is 29.1 Å². The molecule has 1 heterocycles. The highest BCUT2D eigenvalue weighted by Gasteiger charge is 2.17. The highest BCUT2D eigenvalue weighted by Crippen LogP contribution is 2.21. The van der Waals surface area contributed by atoms with Gasteiger partial charge in [-0.15, -0.1) is 0 Å². The van der Waals surface area contributed by atoms with Crippen molar-refractivity contribution in [2.45, 2.75) is 58.0 Å². The van der Waals surface area contributed by atoms with Gasteiger partial charge in [0.15, 0.2) is 0 Å². The lowest BCUT2D eigenvalue weighted by Gasteiger charge is -2.23. The molecule has 8 nitrogen and oxygen atoms in total. The van der Waals surface area contributed by atoms with Crippen LogP contribution in [-0.2, 0) is 11.3 Å². The van der Waals surface area contributed by atoms with E-state index in [9.17, 15) is 14.4 Å². The number of hydrogen-bond donors (Lipinski definition) is 3. The van der Waals surface area contributed by atoms with E-state index in [0.717, 1.165) is 31.2 Å². The Morgan fingerprint density at radius 2 is 1.77 bits per heavy atom. The van der Waals surface area contributed by atoms with Crippen molar-refractivity contribution in [2.24, 2.45) is 0 Å². The lowest BCUT2D eigenvalue weighted by Crippen LogP contribution is -2.36. The minimum Gasteiger partial charge on any atom is -0.349 e. The predicted molar refractivity (Wildman–Crippen MR) is 135 cm³/mol. The van der Waals surface area contributed by atoms with E-state index in [1.54, 1.807) is 61.2 Å². The van der Waals surface area contributed by atoms with Gasteiger partial charge in [0.25, 0.3) is 11.8 Å². The molecular formula is C27H31N5O3. The molecule has 0 radical (unpaired) electrons. The number of hydrogen-bond acceptors (Lipinski definition) is 4. The monoisotopic (exact) mass is 473 g/mol. The van der Waals surface area contributed by atoms with Crippen LogP contribution in [0.25, 0.3) is 0 Å². The van der Waals surface area contributed by atoms with Gasteiger partial charge in [-0.25, -0.2) is 4.98 Å². The smallest absolute Gasteiger partial charge is 0.255 e. The van der Waals surface area contributed by atoms with Crippen molar-refractivity contribution in [2.75, 3.05) is 10.6 Å². The van der Waals surface area contributed by atoms with Crippen LogP contribution >= 0.6 is 0 Å². The zero-order valence-corrected chi connectivity index (χ0v) is 19.9. The minimum absolute atomic E-state index is 0.0747. The second-order valence-electron chi connectivity index (χ2n) is 8.97. The Hall–Kier alpha value is -3.94. The second-order valence-corrected chi connectivity index (χ2v) is 8.97. The third-order valence-corrected chi connectivity index (χ3v) is 6.24. The van der Waals surface area contributed by atoms with Crippen LogP contribution in [0.3, 0.4) is 0 Å². The maximum absolute atomic E-state index is 12.9. The molecule has 3 amide bonds. The molecule has 0 unspecified atom stereocenters. The van der Waals surface area contributed by atoms with Crippen LogP contribution in [0, 0.1) is 6.92 Å². The molecule has 0 aliphatic heterocycles. The highest BCUT2D eigenvalue weighted by atomic mass is 16.2. The largest absolute Gasteiger partial charge is 0.349 e. The molecule has 4 rings (SSSR count). The van der Waals surface area contributed by atoms with E-state index in [1.807, 2.05) is 11.5 Å². The Bertz CT molecular complexity index is 1180. The average molecular weight is 474 g/mol. The molecule has 1 fully saturated rings. The van der Waals surface area contributed by atoms with Gasteiger partial charge in [0.05, 0.1) is 6.33 Å². The van der Waals surface area contributed by atoms with E-state index < -0.39 is 0 Å². The number of aromatic nitrogens is 2. The number of imidazole rings is 1. The molecule has 35 heavy (non-hydrogen) atoms. The number of nitrogens with zero attached hydrogens (tertiary/aromatic N) is 2. The minimum atomic E-state index is -0.290. The van der Waals surface area contributed by atoms with Crippen LogP contribution < -0.4 is 16.0 Å². The van der Waals surface area contributed by atoms with Gasteiger partial charge in [0.1, 0.15) is 0 Å². The molecule has 0 spiro atoms. The summed E-state index contributed by atoms with van der Waals surface area (Å²) < 4.78 is 1.83. The molecule has 3 aromatic rings. The number of carbonyl (C=O) groups is 3. The van der Waals surface area contributed by atoms with Crippen LogP contribution in [-0.4, -0.2) is 33.3 Å². The van der Waals surface area contributed by atoms with Crippen molar-refractivity contribution in [3.63, 3.8) is 0 Å². The van der Waals surface area contributed by atoms with Gasteiger partial charge in [-0.1, -0.05) is 25.3 Å². The lowest BCUT2D eigenvalue weighted by molar-refractivity contribution is -0.116. The SMILES string of the molecule is Cc1cc(C(=O)NC2CCCCC2)ccc1NC(=O)c1cccc(NC(=O)CCn2ccnc2)c1. The predicted octanol–water partition coefficient (Wildman–Crippen LogP) is 4.54. The number of anilines is 2.